The molecule has 31 heavy (non-hydrogen) atoms. The molecule has 5 heteroatoms. The topological polar surface area (TPSA) is 53.5 Å². The molecule has 1 heterocycles. The fourth-order valence-electron chi connectivity index (χ4n) is 4.72. The van der Waals surface area contributed by atoms with Crippen LogP contribution in [0.5, 0.6) is 17.2 Å². The molecule has 2 aromatic rings. The average molecular weight is 429 g/mol. The quantitative estimate of drug-likeness (QED) is 0.583. The minimum Gasteiger partial charge on any atom is -0.496 e. The summed E-state index contributed by atoms with van der Waals surface area (Å²) in [6.07, 6.45) is 3.44. The molecule has 0 aliphatic carbocycles. The number of para-hydroxylation sites is 1. The van der Waals surface area contributed by atoms with Crippen molar-refractivity contribution in [2.24, 2.45) is 5.92 Å². The van der Waals surface area contributed by atoms with Gasteiger partial charge in [0.05, 0.1) is 34.0 Å². The fraction of sp³-hybridized carbons (Fsp3) is 0.538. The van der Waals surface area contributed by atoms with Gasteiger partial charge in [-0.3, -0.25) is 0 Å². The highest BCUT2D eigenvalue weighted by Crippen LogP contribution is 2.44. The van der Waals surface area contributed by atoms with Gasteiger partial charge in [-0.25, -0.2) is 0 Å². The van der Waals surface area contributed by atoms with Crippen LogP contribution in [-0.4, -0.2) is 40.6 Å². The lowest BCUT2D eigenvalue weighted by Crippen LogP contribution is -2.83. The van der Waals surface area contributed by atoms with Gasteiger partial charge in [-0.15, -0.1) is 0 Å². The predicted octanol–water partition coefficient (Wildman–Crippen LogP) is 3.94. The maximum absolute atomic E-state index is 6.14. The van der Waals surface area contributed by atoms with Crippen molar-refractivity contribution in [3.05, 3.63) is 53.6 Å². The SMILES string of the molecule is COc1ccc(C[NH2+]CC[C@]2(c3ccccc3OC)CCO[C@H](C(C)C)C2)cc1OC. The molecule has 1 saturated heterocycles. The smallest absolute Gasteiger partial charge is 0.161 e. The van der Waals surface area contributed by atoms with E-state index in [4.69, 9.17) is 18.9 Å². The molecular weight excluding hydrogens is 390 g/mol. The zero-order chi connectivity index (χ0) is 22.3. The first-order valence-electron chi connectivity index (χ1n) is 11.3. The zero-order valence-corrected chi connectivity index (χ0v) is 19.6. The summed E-state index contributed by atoms with van der Waals surface area (Å²) in [5.74, 6) is 3.04. The van der Waals surface area contributed by atoms with Crippen LogP contribution >= 0.6 is 0 Å². The Kier molecular flexibility index (Phi) is 8.22. The number of benzene rings is 2. The number of quaternary nitrogens is 1. The highest BCUT2D eigenvalue weighted by molar-refractivity contribution is 5.42. The molecule has 1 aliphatic heterocycles. The van der Waals surface area contributed by atoms with Crippen molar-refractivity contribution in [2.45, 2.75) is 51.2 Å². The molecule has 0 aromatic heterocycles. The second-order valence-electron chi connectivity index (χ2n) is 8.81. The third kappa shape index (κ3) is 5.52. The Bertz CT molecular complexity index is 838. The standard InChI is InChI=1S/C26H37NO4/c1-19(2)25-17-26(13-15-31-25,21-8-6-7-9-22(21)28-3)12-14-27-18-20-10-11-23(29-4)24(16-20)30-5/h6-11,16,19,25,27H,12-15,17-18H2,1-5H3/p+1/t25-,26-/m0/s1. The van der Waals surface area contributed by atoms with E-state index in [1.165, 1.54) is 11.1 Å². The highest BCUT2D eigenvalue weighted by Gasteiger charge is 2.41. The molecule has 2 atom stereocenters. The predicted molar refractivity (Wildman–Crippen MR) is 123 cm³/mol. The first-order chi connectivity index (χ1) is 15.0. The molecule has 1 fully saturated rings. The molecule has 0 spiro atoms. The van der Waals surface area contributed by atoms with Crippen molar-refractivity contribution < 1.29 is 24.3 Å². The van der Waals surface area contributed by atoms with Crippen LogP contribution in [0.3, 0.4) is 0 Å². The van der Waals surface area contributed by atoms with Crippen LogP contribution in [0.15, 0.2) is 42.5 Å². The van der Waals surface area contributed by atoms with Crippen molar-refractivity contribution in [2.75, 3.05) is 34.5 Å². The molecule has 2 N–H and O–H groups in total. The average Bonchev–Trinajstić information content (AvgIpc) is 2.81. The summed E-state index contributed by atoms with van der Waals surface area (Å²) < 4.78 is 22.7. The van der Waals surface area contributed by atoms with Crippen molar-refractivity contribution in [3.8, 4) is 17.2 Å². The van der Waals surface area contributed by atoms with Gasteiger partial charge in [0, 0.05) is 29.6 Å². The lowest BCUT2D eigenvalue weighted by Gasteiger charge is -2.43. The summed E-state index contributed by atoms with van der Waals surface area (Å²) in [5, 5.41) is 2.39. The molecule has 0 amide bonds. The zero-order valence-electron chi connectivity index (χ0n) is 19.6. The Morgan fingerprint density at radius 1 is 1.00 bits per heavy atom. The Morgan fingerprint density at radius 3 is 2.45 bits per heavy atom. The number of hydrogen-bond acceptors (Lipinski definition) is 4. The maximum atomic E-state index is 6.14. The van der Waals surface area contributed by atoms with Crippen LogP contribution < -0.4 is 19.5 Å². The van der Waals surface area contributed by atoms with Crippen LogP contribution in [0.4, 0.5) is 0 Å². The van der Waals surface area contributed by atoms with Gasteiger partial charge >= 0.3 is 0 Å². The molecule has 0 unspecified atom stereocenters. The van der Waals surface area contributed by atoms with Crippen LogP contribution in [0.2, 0.25) is 0 Å². The summed E-state index contributed by atoms with van der Waals surface area (Å²) in [6.45, 7) is 7.26. The summed E-state index contributed by atoms with van der Waals surface area (Å²) in [6, 6.07) is 14.7. The van der Waals surface area contributed by atoms with Crippen molar-refractivity contribution >= 4 is 0 Å². The van der Waals surface area contributed by atoms with Crippen LogP contribution in [0, 0.1) is 5.92 Å². The molecule has 0 bridgehead atoms. The second kappa shape index (κ2) is 10.9. The minimum absolute atomic E-state index is 0.0773. The highest BCUT2D eigenvalue weighted by atomic mass is 16.5. The lowest BCUT2D eigenvalue weighted by atomic mass is 9.68. The van der Waals surface area contributed by atoms with E-state index in [0.29, 0.717) is 5.92 Å². The van der Waals surface area contributed by atoms with E-state index in [-0.39, 0.29) is 11.5 Å². The van der Waals surface area contributed by atoms with E-state index >= 15 is 0 Å². The number of nitrogens with two attached hydrogens (primary N) is 1. The number of hydrogen-bond donors (Lipinski definition) is 1. The Labute approximate surface area is 187 Å². The molecule has 170 valence electrons. The third-order valence-corrected chi connectivity index (χ3v) is 6.58. The van der Waals surface area contributed by atoms with Crippen molar-refractivity contribution in [3.63, 3.8) is 0 Å². The van der Waals surface area contributed by atoms with Gasteiger partial charge in [0.25, 0.3) is 0 Å². The largest absolute Gasteiger partial charge is 0.496 e. The normalized spacial score (nSPS) is 21.2. The Hall–Kier alpha value is -2.24. The molecule has 2 aromatic carbocycles. The molecule has 5 nitrogen and oxygen atoms in total. The lowest BCUT2D eigenvalue weighted by molar-refractivity contribution is -0.672. The van der Waals surface area contributed by atoms with Gasteiger partial charge < -0.3 is 24.3 Å². The first kappa shape index (κ1) is 23.4. The van der Waals surface area contributed by atoms with Gasteiger partial charge in [0.2, 0.25) is 0 Å². The van der Waals surface area contributed by atoms with Gasteiger partial charge in [0.15, 0.2) is 11.5 Å². The summed E-state index contributed by atoms with van der Waals surface area (Å²) >= 11 is 0. The molecule has 1 aliphatic rings. The molecule has 0 radical (unpaired) electrons. The summed E-state index contributed by atoms with van der Waals surface area (Å²) in [5.41, 5.74) is 2.63. The van der Waals surface area contributed by atoms with E-state index in [1.807, 2.05) is 6.07 Å². The van der Waals surface area contributed by atoms with Gasteiger partial charge in [-0.2, -0.15) is 0 Å². The monoisotopic (exact) mass is 428 g/mol. The molecular formula is C26H38NO4+. The second-order valence-corrected chi connectivity index (χ2v) is 8.81. The summed E-state index contributed by atoms with van der Waals surface area (Å²) in [4.78, 5) is 0. The van der Waals surface area contributed by atoms with Crippen LogP contribution in [0.25, 0.3) is 0 Å². The van der Waals surface area contributed by atoms with E-state index < -0.39 is 0 Å². The van der Waals surface area contributed by atoms with Crippen LogP contribution in [-0.2, 0) is 16.7 Å². The van der Waals surface area contributed by atoms with Crippen LogP contribution in [0.1, 0.15) is 44.2 Å². The molecule has 0 saturated carbocycles. The number of ether oxygens (including phenoxy) is 4. The summed E-state index contributed by atoms with van der Waals surface area (Å²) in [7, 11) is 5.12. The number of rotatable bonds is 10. The Balaban J connectivity index is 1.73. The van der Waals surface area contributed by atoms with E-state index in [1.54, 1.807) is 21.3 Å². The fourth-order valence-corrected chi connectivity index (χ4v) is 4.72. The van der Waals surface area contributed by atoms with Crippen molar-refractivity contribution in [1.82, 2.24) is 0 Å². The van der Waals surface area contributed by atoms with Gasteiger partial charge in [-0.05, 0) is 43.0 Å². The third-order valence-electron chi connectivity index (χ3n) is 6.58. The van der Waals surface area contributed by atoms with E-state index in [9.17, 15) is 0 Å². The van der Waals surface area contributed by atoms with Gasteiger partial charge in [0.1, 0.15) is 12.3 Å². The Morgan fingerprint density at radius 2 is 1.74 bits per heavy atom. The van der Waals surface area contributed by atoms with Crippen molar-refractivity contribution in [1.29, 1.82) is 0 Å². The number of methoxy groups -OCH3 is 3. The van der Waals surface area contributed by atoms with E-state index in [0.717, 1.165) is 56.2 Å². The minimum atomic E-state index is 0.0773. The first-order valence-corrected chi connectivity index (χ1v) is 11.3. The molecule has 3 rings (SSSR count). The van der Waals surface area contributed by atoms with E-state index in [2.05, 4.69) is 55.6 Å². The maximum Gasteiger partial charge on any atom is 0.161 e. The van der Waals surface area contributed by atoms with Gasteiger partial charge in [-0.1, -0.05) is 32.0 Å².